The van der Waals surface area contributed by atoms with Crippen LogP contribution in [0.4, 0.5) is 8.78 Å². The van der Waals surface area contributed by atoms with Crippen LogP contribution < -0.4 is 0 Å². The third kappa shape index (κ3) is 3.49. The summed E-state index contributed by atoms with van der Waals surface area (Å²) in [6, 6.07) is 3.81. The standard InChI is InChI=1S/C14H20F2N2O/c1-17-5-6-18(2)13(9-17)14(19)8-10-3-4-11(15)12(16)7-10/h3-4,7,13-14,19H,5-6,8-9H2,1-2H3. The molecule has 0 radical (unpaired) electrons. The molecule has 0 bridgehead atoms. The van der Waals surface area contributed by atoms with Gasteiger partial charge in [-0.15, -0.1) is 0 Å². The number of aliphatic hydroxyl groups is 1. The van der Waals surface area contributed by atoms with E-state index in [9.17, 15) is 13.9 Å². The highest BCUT2D eigenvalue weighted by Crippen LogP contribution is 2.16. The lowest BCUT2D eigenvalue weighted by atomic mass is 9.99. The van der Waals surface area contributed by atoms with E-state index in [0.29, 0.717) is 12.0 Å². The van der Waals surface area contributed by atoms with E-state index < -0.39 is 17.7 Å². The van der Waals surface area contributed by atoms with Crippen molar-refractivity contribution in [2.24, 2.45) is 0 Å². The van der Waals surface area contributed by atoms with Gasteiger partial charge in [-0.05, 0) is 31.8 Å². The van der Waals surface area contributed by atoms with Gasteiger partial charge in [0.05, 0.1) is 6.10 Å². The average molecular weight is 270 g/mol. The average Bonchev–Trinajstić information content (AvgIpc) is 2.36. The lowest BCUT2D eigenvalue weighted by Gasteiger charge is -2.40. The summed E-state index contributed by atoms with van der Waals surface area (Å²) in [6.45, 7) is 2.66. The highest BCUT2D eigenvalue weighted by molar-refractivity contribution is 5.19. The van der Waals surface area contributed by atoms with Gasteiger partial charge in [0.15, 0.2) is 11.6 Å². The summed E-state index contributed by atoms with van der Waals surface area (Å²) in [4.78, 5) is 4.28. The number of likely N-dealkylation sites (N-methyl/N-ethyl adjacent to an activating group) is 2. The normalized spacial score (nSPS) is 23.5. The summed E-state index contributed by atoms with van der Waals surface area (Å²) in [7, 11) is 4.00. The van der Waals surface area contributed by atoms with E-state index in [1.165, 1.54) is 6.07 Å². The lowest BCUT2D eigenvalue weighted by molar-refractivity contribution is 0.0152. The van der Waals surface area contributed by atoms with Crippen molar-refractivity contribution in [3.8, 4) is 0 Å². The Bertz CT molecular complexity index is 441. The number of piperazine rings is 1. The van der Waals surface area contributed by atoms with Crippen LogP contribution in [0.2, 0.25) is 0 Å². The molecule has 1 fully saturated rings. The van der Waals surface area contributed by atoms with Gasteiger partial charge in [-0.3, -0.25) is 4.90 Å². The largest absolute Gasteiger partial charge is 0.391 e. The molecular weight excluding hydrogens is 250 g/mol. The fourth-order valence-electron chi connectivity index (χ4n) is 2.50. The highest BCUT2D eigenvalue weighted by atomic mass is 19.2. The van der Waals surface area contributed by atoms with Crippen molar-refractivity contribution in [2.45, 2.75) is 18.6 Å². The van der Waals surface area contributed by atoms with Crippen LogP contribution in [0.5, 0.6) is 0 Å². The van der Waals surface area contributed by atoms with Crippen molar-refractivity contribution >= 4 is 0 Å². The Labute approximate surface area is 112 Å². The third-order valence-electron chi connectivity index (χ3n) is 3.77. The zero-order valence-corrected chi connectivity index (χ0v) is 11.3. The van der Waals surface area contributed by atoms with Crippen molar-refractivity contribution in [1.82, 2.24) is 9.80 Å². The van der Waals surface area contributed by atoms with Crippen LogP contribution in [0, 0.1) is 11.6 Å². The second-order valence-corrected chi connectivity index (χ2v) is 5.33. The molecule has 1 aliphatic rings. The van der Waals surface area contributed by atoms with Crippen LogP contribution in [-0.4, -0.2) is 60.8 Å². The first-order valence-corrected chi connectivity index (χ1v) is 6.48. The number of hydrogen-bond donors (Lipinski definition) is 1. The van der Waals surface area contributed by atoms with Crippen LogP contribution >= 0.6 is 0 Å². The molecule has 19 heavy (non-hydrogen) atoms. The fraction of sp³-hybridized carbons (Fsp3) is 0.571. The van der Waals surface area contributed by atoms with Gasteiger partial charge in [0.1, 0.15) is 0 Å². The van der Waals surface area contributed by atoms with Gasteiger partial charge in [0, 0.05) is 32.1 Å². The van der Waals surface area contributed by atoms with Crippen LogP contribution in [0.1, 0.15) is 5.56 Å². The highest BCUT2D eigenvalue weighted by Gasteiger charge is 2.28. The van der Waals surface area contributed by atoms with E-state index in [-0.39, 0.29) is 6.04 Å². The molecule has 1 aliphatic heterocycles. The number of rotatable bonds is 3. The van der Waals surface area contributed by atoms with E-state index in [1.807, 2.05) is 14.1 Å². The smallest absolute Gasteiger partial charge is 0.159 e. The molecule has 0 saturated carbocycles. The molecule has 1 aromatic rings. The Morgan fingerprint density at radius 3 is 2.68 bits per heavy atom. The number of benzene rings is 1. The van der Waals surface area contributed by atoms with Crippen molar-refractivity contribution in [1.29, 1.82) is 0 Å². The number of hydrogen-bond acceptors (Lipinski definition) is 3. The summed E-state index contributed by atoms with van der Waals surface area (Å²) in [5, 5.41) is 10.3. The third-order valence-corrected chi connectivity index (χ3v) is 3.77. The molecule has 1 saturated heterocycles. The summed E-state index contributed by atoms with van der Waals surface area (Å²) >= 11 is 0. The Balaban J connectivity index is 2.03. The maximum atomic E-state index is 13.1. The topological polar surface area (TPSA) is 26.7 Å². The SMILES string of the molecule is CN1CCN(C)C(C(O)Cc2ccc(F)c(F)c2)C1. The molecule has 0 aromatic heterocycles. The Morgan fingerprint density at radius 1 is 1.26 bits per heavy atom. The molecule has 1 N–H and O–H groups in total. The molecule has 2 atom stereocenters. The van der Waals surface area contributed by atoms with Gasteiger partial charge < -0.3 is 10.0 Å². The van der Waals surface area contributed by atoms with Crippen molar-refractivity contribution < 1.29 is 13.9 Å². The maximum absolute atomic E-state index is 13.1. The predicted molar refractivity (Wildman–Crippen MR) is 70.0 cm³/mol. The minimum Gasteiger partial charge on any atom is -0.391 e. The van der Waals surface area contributed by atoms with E-state index in [4.69, 9.17) is 0 Å². The molecule has 2 unspecified atom stereocenters. The minimum absolute atomic E-state index is 0.0202. The van der Waals surface area contributed by atoms with Crippen LogP contribution in [0.15, 0.2) is 18.2 Å². The summed E-state index contributed by atoms with van der Waals surface area (Å²) < 4.78 is 26.0. The summed E-state index contributed by atoms with van der Waals surface area (Å²) in [5.41, 5.74) is 0.619. The molecule has 0 aliphatic carbocycles. The van der Waals surface area contributed by atoms with Crippen LogP contribution in [-0.2, 0) is 6.42 Å². The van der Waals surface area contributed by atoms with Gasteiger partial charge in [0.2, 0.25) is 0 Å². The minimum atomic E-state index is -0.862. The Morgan fingerprint density at radius 2 is 2.00 bits per heavy atom. The van der Waals surface area contributed by atoms with E-state index in [2.05, 4.69) is 9.80 Å². The number of aliphatic hydroxyl groups excluding tert-OH is 1. The van der Waals surface area contributed by atoms with Gasteiger partial charge in [-0.2, -0.15) is 0 Å². The zero-order valence-electron chi connectivity index (χ0n) is 11.3. The second kappa shape index (κ2) is 5.94. The fourth-order valence-corrected chi connectivity index (χ4v) is 2.50. The van der Waals surface area contributed by atoms with E-state index >= 15 is 0 Å². The molecule has 106 valence electrons. The van der Waals surface area contributed by atoms with Crippen molar-refractivity contribution in [2.75, 3.05) is 33.7 Å². The van der Waals surface area contributed by atoms with E-state index in [1.54, 1.807) is 0 Å². The van der Waals surface area contributed by atoms with Gasteiger partial charge >= 0.3 is 0 Å². The molecule has 0 spiro atoms. The first-order chi connectivity index (χ1) is 8.97. The molecule has 2 rings (SSSR count). The van der Waals surface area contributed by atoms with Crippen molar-refractivity contribution in [3.63, 3.8) is 0 Å². The molecule has 1 aromatic carbocycles. The number of nitrogens with zero attached hydrogens (tertiary/aromatic N) is 2. The van der Waals surface area contributed by atoms with Gasteiger partial charge in [-0.25, -0.2) is 8.78 Å². The van der Waals surface area contributed by atoms with E-state index in [0.717, 1.165) is 31.8 Å². The Kier molecular flexibility index (Phi) is 4.50. The first kappa shape index (κ1) is 14.4. The molecule has 0 amide bonds. The zero-order chi connectivity index (χ0) is 14.0. The molecular formula is C14H20F2N2O. The van der Waals surface area contributed by atoms with Crippen molar-refractivity contribution in [3.05, 3.63) is 35.4 Å². The lowest BCUT2D eigenvalue weighted by Crippen LogP contribution is -2.55. The number of halogens is 2. The maximum Gasteiger partial charge on any atom is 0.159 e. The molecule has 1 heterocycles. The van der Waals surface area contributed by atoms with Gasteiger partial charge in [-0.1, -0.05) is 6.07 Å². The Hall–Kier alpha value is -1.04. The summed E-state index contributed by atoms with van der Waals surface area (Å²) in [5.74, 6) is -1.72. The predicted octanol–water partition coefficient (Wildman–Crippen LogP) is 1.11. The van der Waals surface area contributed by atoms with Gasteiger partial charge in [0.25, 0.3) is 0 Å². The first-order valence-electron chi connectivity index (χ1n) is 6.48. The molecule has 5 heteroatoms. The summed E-state index contributed by atoms with van der Waals surface area (Å²) in [6.07, 6.45) is -0.252. The molecule has 3 nitrogen and oxygen atoms in total. The monoisotopic (exact) mass is 270 g/mol. The van der Waals surface area contributed by atoms with Crippen LogP contribution in [0.3, 0.4) is 0 Å². The quantitative estimate of drug-likeness (QED) is 0.891. The second-order valence-electron chi connectivity index (χ2n) is 5.33. The van der Waals surface area contributed by atoms with Crippen LogP contribution in [0.25, 0.3) is 0 Å².